The smallest absolute Gasteiger partial charge is 0.347 e. The van der Waals surface area contributed by atoms with E-state index in [0.29, 0.717) is 5.56 Å². The van der Waals surface area contributed by atoms with E-state index in [1.807, 2.05) is 0 Å². The van der Waals surface area contributed by atoms with Crippen molar-refractivity contribution < 1.29 is 29.6 Å². The molecule has 0 spiro atoms. The number of nitriles is 1. The van der Waals surface area contributed by atoms with E-state index in [4.69, 9.17) is 15.1 Å². The van der Waals surface area contributed by atoms with Gasteiger partial charge in [-0.2, -0.15) is 5.26 Å². The van der Waals surface area contributed by atoms with Crippen molar-refractivity contribution in [3.63, 3.8) is 0 Å². The molecular weight excluding hydrogens is 314 g/mol. The number of rotatable bonds is 4. The molecule has 0 radical (unpaired) electrons. The third kappa shape index (κ3) is 3.90. The first-order valence-electron chi connectivity index (χ1n) is 6.60. The molecule has 7 nitrogen and oxygen atoms in total. The minimum absolute atomic E-state index is 0.147. The molecule has 2 aromatic carbocycles. The summed E-state index contributed by atoms with van der Waals surface area (Å²) in [5, 5.41) is 36.4. The average Bonchev–Trinajstić information content (AvgIpc) is 2.56. The summed E-state index contributed by atoms with van der Waals surface area (Å²) in [6.07, 6.45) is 1.18. The zero-order valence-corrected chi connectivity index (χ0v) is 12.1. The van der Waals surface area contributed by atoms with Crippen LogP contribution in [-0.4, -0.2) is 27.3 Å². The van der Waals surface area contributed by atoms with Crippen LogP contribution in [0.15, 0.2) is 48.0 Å². The lowest BCUT2D eigenvalue weighted by Crippen LogP contribution is -2.08. The first kappa shape index (κ1) is 16.6. The van der Waals surface area contributed by atoms with Crippen LogP contribution in [0.4, 0.5) is 0 Å². The minimum Gasteiger partial charge on any atom is -0.508 e. The van der Waals surface area contributed by atoms with Gasteiger partial charge in [-0.05, 0) is 42.0 Å². The Hall–Kier alpha value is -3.79. The van der Waals surface area contributed by atoms with Gasteiger partial charge in [0.1, 0.15) is 34.5 Å². The summed E-state index contributed by atoms with van der Waals surface area (Å²) < 4.78 is 5.06. The van der Waals surface area contributed by atoms with Crippen LogP contribution >= 0.6 is 0 Å². The summed E-state index contributed by atoms with van der Waals surface area (Å²) in [5.74, 6) is -2.59. The highest BCUT2D eigenvalue weighted by atomic mass is 16.5. The normalized spacial score (nSPS) is 10.7. The third-order valence-electron chi connectivity index (χ3n) is 2.95. The van der Waals surface area contributed by atoms with Gasteiger partial charge in [-0.3, -0.25) is 0 Å². The molecule has 0 fully saturated rings. The lowest BCUT2D eigenvalue weighted by Gasteiger charge is -2.06. The summed E-state index contributed by atoms with van der Waals surface area (Å²) in [5.41, 5.74) is -0.185. The highest BCUT2D eigenvalue weighted by Gasteiger charge is 2.14. The number of phenols is 2. The number of hydrogen-bond donors (Lipinski definition) is 3. The quantitative estimate of drug-likeness (QED) is 0.259. The molecule has 0 aliphatic carbocycles. The maximum Gasteiger partial charge on any atom is 0.347 e. The fourth-order valence-electron chi connectivity index (χ4n) is 1.79. The van der Waals surface area contributed by atoms with Crippen LogP contribution in [0.25, 0.3) is 6.08 Å². The summed E-state index contributed by atoms with van der Waals surface area (Å²) in [6.45, 7) is 0. The largest absolute Gasteiger partial charge is 0.508 e. The summed E-state index contributed by atoms with van der Waals surface area (Å²) >= 11 is 0. The van der Waals surface area contributed by atoms with E-state index in [0.717, 1.165) is 12.1 Å². The van der Waals surface area contributed by atoms with E-state index >= 15 is 0 Å². The minimum atomic E-state index is -1.34. The molecule has 3 N–H and O–H groups in total. The highest BCUT2D eigenvalue weighted by Crippen LogP contribution is 2.24. The van der Waals surface area contributed by atoms with Gasteiger partial charge in [0.05, 0.1) is 0 Å². The van der Waals surface area contributed by atoms with Crippen LogP contribution < -0.4 is 4.74 Å². The second kappa shape index (κ2) is 6.98. The Bertz CT molecular complexity index is 862. The molecule has 120 valence electrons. The van der Waals surface area contributed by atoms with Crippen LogP contribution in [-0.2, 0) is 4.79 Å². The van der Waals surface area contributed by atoms with Gasteiger partial charge >= 0.3 is 11.9 Å². The molecule has 0 atom stereocenters. The van der Waals surface area contributed by atoms with Crippen molar-refractivity contribution in [3.8, 4) is 23.3 Å². The average molecular weight is 325 g/mol. The Kier molecular flexibility index (Phi) is 4.82. The monoisotopic (exact) mass is 325 g/mol. The molecular formula is C17H11NO6. The van der Waals surface area contributed by atoms with Gasteiger partial charge in [-0.25, -0.2) is 9.59 Å². The number of carboxylic acids is 1. The molecule has 0 heterocycles. The molecule has 0 aromatic heterocycles. The molecule has 0 saturated heterocycles. The first-order chi connectivity index (χ1) is 11.4. The molecule has 2 aromatic rings. The number of ether oxygens (including phenoxy) is 1. The second-order valence-electron chi connectivity index (χ2n) is 4.63. The third-order valence-corrected chi connectivity index (χ3v) is 2.95. The molecule has 24 heavy (non-hydrogen) atoms. The molecule has 0 aliphatic rings. The van der Waals surface area contributed by atoms with Crippen molar-refractivity contribution in [2.24, 2.45) is 0 Å². The molecule has 0 bridgehead atoms. The van der Waals surface area contributed by atoms with Crippen molar-refractivity contribution in [2.45, 2.75) is 0 Å². The Morgan fingerprint density at radius 1 is 1.08 bits per heavy atom. The maximum atomic E-state index is 12.0. The zero-order chi connectivity index (χ0) is 17.7. The standard InChI is InChI=1S/C17H11NO6/c18-9-11(16(21)22)7-10-1-4-13(5-2-10)24-17(23)14-8-12(19)3-6-15(14)20/h1-8,19-20H,(H,21,22). The van der Waals surface area contributed by atoms with Crippen molar-refractivity contribution in [3.05, 3.63) is 59.2 Å². The fourth-order valence-corrected chi connectivity index (χ4v) is 1.79. The first-order valence-corrected chi connectivity index (χ1v) is 6.60. The number of carboxylic acid groups (broad SMARTS) is 1. The van der Waals surface area contributed by atoms with E-state index in [-0.39, 0.29) is 22.8 Å². The predicted molar refractivity (Wildman–Crippen MR) is 82.4 cm³/mol. The van der Waals surface area contributed by atoms with Crippen molar-refractivity contribution >= 4 is 18.0 Å². The van der Waals surface area contributed by atoms with Crippen LogP contribution in [0.2, 0.25) is 0 Å². The number of phenolic OH excluding ortho intramolecular Hbond substituents is 2. The van der Waals surface area contributed by atoms with Crippen LogP contribution in [0, 0.1) is 11.3 Å². The van der Waals surface area contributed by atoms with Crippen LogP contribution in [0.1, 0.15) is 15.9 Å². The topological polar surface area (TPSA) is 128 Å². The molecule has 7 heteroatoms. The lowest BCUT2D eigenvalue weighted by atomic mass is 10.1. The summed E-state index contributed by atoms with van der Waals surface area (Å²) in [4.78, 5) is 22.7. The number of aromatic hydroxyl groups is 2. The zero-order valence-electron chi connectivity index (χ0n) is 12.1. The second-order valence-corrected chi connectivity index (χ2v) is 4.63. The van der Waals surface area contributed by atoms with Crippen LogP contribution in [0.3, 0.4) is 0 Å². The van der Waals surface area contributed by atoms with Gasteiger partial charge in [0.25, 0.3) is 0 Å². The molecule has 0 saturated carbocycles. The maximum absolute atomic E-state index is 12.0. The van der Waals surface area contributed by atoms with Gasteiger partial charge in [-0.15, -0.1) is 0 Å². The van der Waals surface area contributed by atoms with E-state index < -0.39 is 17.5 Å². The van der Waals surface area contributed by atoms with Crippen molar-refractivity contribution in [1.82, 2.24) is 0 Å². The fraction of sp³-hybridized carbons (Fsp3) is 0. The van der Waals surface area contributed by atoms with Gasteiger partial charge in [0.2, 0.25) is 0 Å². The van der Waals surface area contributed by atoms with Gasteiger partial charge in [0.15, 0.2) is 0 Å². The number of benzene rings is 2. The van der Waals surface area contributed by atoms with E-state index in [1.54, 1.807) is 6.07 Å². The number of esters is 1. The number of aliphatic carboxylic acids is 1. The molecule has 0 unspecified atom stereocenters. The van der Waals surface area contributed by atoms with E-state index in [2.05, 4.69) is 0 Å². The number of nitrogens with zero attached hydrogens (tertiary/aromatic N) is 1. The summed E-state index contributed by atoms with van der Waals surface area (Å²) in [7, 11) is 0. The van der Waals surface area contributed by atoms with E-state index in [9.17, 15) is 19.8 Å². The predicted octanol–water partition coefficient (Wildman–Crippen LogP) is 2.31. The SMILES string of the molecule is N#CC(=Cc1ccc(OC(=O)c2cc(O)ccc2O)cc1)C(=O)O. The highest BCUT2D eigenvalue weighted by molar-refractivity contribution is 5.96. The number of carbonyl (C=O) groups excluding carboxylic acids is 1. The van der Waals surface area contributed by atoms with E-state index in [1.165, 1.54) is 36.4 Å². The Morgan fingerprint density at radius 3 is 2.33 bits per heavy atom. The Balaban J connectivity index is 2.17. The number of hydrogen-bond acceptors (Lipinski definition) is 6. The molecule has 0 amide bonds. The number of carbonyl (C=O) groups is 2. The Labute approximate surface area is 136 Å². The Morgan fingerprint density at radius 2 is 1.75 bits per heavy atom. The van der Waals surface area contributed by atoms with Gasteiger partial charge in [-0.1, -0.05) is 12.1 Å². The summed E-state index contributed by atoms with van der Waals surface area (Å²) in [6, 6.07) is 10.7. The van der Waals surface area contributed by atoms with Crippen LogP contribution in [0.5, 0.6) is 17.2 Å². The molecule has 0 aliphatic heterocycles. The van der Waals surface area contributed by atoms with Gasteiger partial charge < -0.3 is 20.1 Å². The van der Waals surface area contributed by atoms with Crippen molar-refractivity contribution in [1.29, 1.82) is 5.26 Å². The lowest BCUT2D eigenvalue weighted by molar-refractivity contribution is -0.132. The van der Waals surface area contributed by atoms with Crippen molar-refractivity contribution in [2.75, 3.05) is 0 Å². The van der Waals surface area contributed by atoms with Gasteiger partial charge in [0, 0.05) is 0 Å². The molecule has 2 rings (SSSR count).